The summed E-state index contributed by atoms with van der Waals surface area (Å²) in [4.78, 5) is 38.1. The van der Waals surface area contributed by atoms with Gasteiger partial charge in [0.15, 0.2) is 4.34 Å². The summed E-state index contributed by atoms with van der Waals surface area (Å²) < 4.78 is 0.516. The molecule has 2 heterocycles. The van der Waals surface area contributed by atoms with Gasteiger partial charge in [0.2, 0.25) is 11.0 Å². The van der Waals surface area contributed by atoms with E-state index in [0.717, 1.165) is 21.8 Å². The average molecular weight is 425 g/mol. The molecule has 0 atom stereocenters. The molecule has 9 heteroatoms. The van der Waals surface area contributed by atoms with Crippen molar-refractivity contribution in [1.82, 2.24) is 15.5 Å². The number of nitrogens with one attached hydrogen (secondary N) is 1. The largest absolute Gasteiger partial charge is 0.351 e. The van der Waals surface area contributed by atoms with E-state index in [0.29, 0.717) is 22.0 Å². The maximum Gasteiger partial charge on any atom is 0.268 e. The molecule has 29 heavy (non-hydrogen) atoms. The number of hydrogen-bond donors (Lipinski definition) is 1. The molecule has 0 aliphatic carbocycles. The Hall–Kier alpha value is -3.04. The Labute approximate surface area is 175 Å². The predicted octanol–water partition coefficient (Wildman–Crippen LogP) is 3.06. The Morgan fingerprint density at radius 3 is 2.34 bits per heavy atom. The lowest BCUT2D eigenvalue weighted by molar-refractivity contribution is -0.118. The monoisotopic (exact) mass is 424 g/mol. The summed E-state index contributed by atoms with van der Waals surface area (Å²) in [6.45, 7) is 2.47. The van der Waals surface area contributed by atoms with E-state index in [2.05, 4.69) is 15.5 Å². The van der Waals surface area contributed by atoms with Gasteiger partial charge in [-0.1, -0.05) is 65.1 Å². The number of anilines is 1. The lowest BCUT2D eigenvalue weighted by Crippen LogP contribution is -2.29. The van der Waals surface area contributed by atoms with Crippen molar-refractivity contribution < 1.29 is 14.4 Å². The van der Waals surface area contributed by atoms with Crippen molar-refractivity contribution in [2.24, 2.45) is 0 Å². The zero-order valence-electron chi connectivity index (χ0n) is 15.4. The minimum atomic E-state index is -0.408. The highest BCUT2D eigenvalue weighted by Crippen LogP contribution is 2.33. The van der Waals surface area contributed by atoms with E-state index in [9.17, 15) is 14.4 Å². The van der Waals surface area contributed by atoms with E-state index >= 15 is 0 Å². The van der Waals surface area contributed by atoms with Crippen LogP contribution >= 0.6 is 23.1 Å². The van der Waals surface area contributed by atoms with Crippen LogP contribution < -0.4 is 10.2 Å². The Balaban J connectivity index is 1.34. The highest BCUT2D eigenvalue weighted by atomic mass is 32.2. The van der Waals surface area contributed by atoms with Gasteiger partial charge in [-0.15, -0.1) is 10.2 Å². The molecule has 1 aliphatic heterocycles. The number of carbonyl (C=O) groups excluding carboxylic acids is 3. The summed E-state index contributed by atoms with van der Waals surface area (Å²) in [6.07, 6.45) is 0. The smallest absolute Gasteiger partial charge is 0.268 e. The number of fused-ring (bicyclic) bond motifs is 1. The molecule has 0 fully saturated rings. The van der Waals surface area contributed by atoms with Crippen molar-refractivity contribution in [1.29, 1.82) is 0 Å². The fraction of sp³-hybridized carbons (Fsp3) is 0.150. The van der Waals surface area contributed by atoms with Crippen LogP contribution in [0.15, 0.2) is 52.9 Å². The van der Waals surface area contributed by atoms with Crippen molar-refractivity contribution in [3.8, 4) is 0 Å². The summed E-state index contributed by atoms with van der Waals surface area (Å²) in [5, 5.41) is 11.0. The number of carbonyl (C=O) groups is 3. The van der Waals surface area contributed by atoms with Crippen LogP contribution in [0.1, 0.15) is 31.8 Å². The van der Waals surface area contributed by atoms with Crippen LogP contribution in [-0.4, -0.2) is 33.7 Å². The third-order valence-electron chi connectivity index (χ3n) is 4.32. The number of aromatic nitrogens is 2. The Bertz CT molecular complexity index is 1060. The first-order valence-corrected chi connectivity index (χ1v) is 10.6. The fourth-order valence-corrected chi connectivity index (χ4v) is 4.47. The van der Waals surface area contributed by atoms with E-state index in [1.807, 2.05) is 31.2 Å². The summed E-state index contributed by atoms with van der Waals surface area (Å²) in [7, 11) is 0. The third-order valence-corrected chi connectivity index (χ3v) is 6.36. The zero-order chi connectivity index (χ0) is 20.4. The van der Waals surface area contributed by atoms with E-state index in [1.165, 1.54) is 17.3 Å². The van der Waals surface area contributed by atoms with Gasteiger partial charge in [0, 0.05) is 6.54 Å². The van der Waals surface area contributed by atoms with Crippen molar-refractivity contribution >= 4 is 46.0 Å². The molecule has 0 saturated carbocycles. The number of aryl methyl sites for hydroxylation is 1. The van der Waals surface area contributed by atoms with E-state index in [1.54, 1.807) is 24.3 Å². The van der Waals surface area contributed by atoms with Crippen LogP contribution in [-0.2, 0) is 11.3 Å². The molecular weight excluding hydrogens is 408 g/mol. The first-order chi connectivity index (χ1) is 14.0. The first kappa shape index (κ1) is 19.3. The maximum absolute atomic E-state index is 12.5. The van der Waals surface area contributed by atoms with Crippen LogP contribution in [0.25, 0.3) is 0 Å². The molecule has 7 nitrogen and oxygen atoms in total. The van der Waals surface area contributed by atoms with Gasteiger partial charge in [0.1, 0.15) is 0 Å². The van der Waals surface area contributed by atoms with Gasteiger partial charge in [-0.2, -0.15) is 0 Å². The number of rotatable bonds is 6. The second kappa shape index (κ2) is 8.14. The van der Waals surface area contributed by atoms with Gasteiger partial charge >= 0.3 is 0 Å². The topological polar surface area (TPSA) is 92.3 Å². The molecule has 0 spiro atoms. The molecule has 0 unspecified atom stereocenters. The van der Waals surface area contributed by atoms with Crippen molar-refractivity contribution in [2.45, 2.75) is 17.8 Å². The Kier molecular flexibility index (Phi) is 5.41. The molecule has 146 valence electrons. The molecule has 4 rings (SSSR count). The fourth-order valence-electron chi connectivity index (χ4n) is 2.80. The molecule has 2 aromatic carbocycles. The summed E-state index contributed by atoms with van der Waals surface area (Å²) in [6, 6.07) is 14.6. The lowest BCUT2D eigenvalue weighted by atomic mass is 10.1. The zero-order valence-corrected chi connectivity index (χ0v) is 17.0. The number of nitrogens with zero attached hydrogens (tertiary/aromatic N) is 3. The minimum absolute atomic E-state index is 0.131. The molecule has 0 saturated heterocycles. The first-order valence-electron chi connectivity index (χ1n) is 8.79. The van der Waals surface area contributed by atoms with Gasteiger partial charge < -0.3 is 5.32 Å². The van der Waals surface area contributed by atoms with Crippen molar-refractivity contribution in [3.63, 3.8) is 0 Å². The number of amides is 3. The van der Waals surface area contributed by atoms with Gasteiger partial charge in [-0.3, -0.25) is 14.4 Å². The Morgan fingerprint density at radius 2 is 1.69 bits per heavy atom. The SMILES string of the molecule is Cc1ccc(CNC(=O)CSc2nnc(N3C(=O)c4ccccc4C3=O)s2)cc1. The lowest BCUT2D eigenvalue weighted by Gasteiger charge is -2.07. The van der Waals surface area contributed by atoms with E-state index < -0.39 is 11.8 Å². The van der Waals surface area contributed by atoms with E-state index in [-0.39, 0.29) is 16.8 Å². The van der Waals surface area contributed by atoms with Crippen LogP contribution in [0.4, 0.5) is 5.13 Å². The van der Waals surface area contributed by atoms with Crippen LogP contribution in [0.2, 0.25) is 0 Å². The second-order valence-electron chi connectivity index (χ2n) is 6.39. The number of imide groups is 1. The molecule has 1 N–H and O–H groups in total. The number of hydrogen-bond acceptors (Lipinski definition) is 7. The Morgan fingerprint density at radius 1 is 1.03 bits per heavy atom. The van der Waals surface area contributed by atoms with E-state index in [4.69, 9.17) is 0 Å². The molecule has 0 radical (unpaired) electrons. The van der Waals surface area contributed by atoms with Crippen LogP contribution in [0.5, 0.6) is 0 Å². The quantitative estimate of drug-likeness (QED) is 0.371. The number of benzene rings is 2. The molecule has 3 amide bonds. The molecule has 1 aromatic heterocycles. The standard InChI is InChI=1S/C20H16N4O3S2/c1-12-6-8-13(9-7-12)10-21-16(25)11-28-20-23-22-19(29-20)24-17(26)14-4-2-3-5-15(14)18(24)27/h2-9H,10-11H2,1H3,(H,21,25). The van der Waals surface area contributed by atoms with Crippen molar-refractivity contribution in [2.75, 3.05) is 10.7 Å². The summed E-state index contributed by atoms with van der Waals surface area (Å²) >= 11 is 2.33. The molecule has 0 bridgehead atoms. The summed E-state index contributed by atoms with van der Waals surface area (Å²) in [5.74, 6) is -0.779. The third kappa shape index (κ3) is 4.06. The summed E-state index contributed by atoms with van der Waals surface area (Å²) in [5.41, 5.74) is 2.91. The molecular formula is C20H16N4O3S2. The highest BCUT2D eigenvalue weighted by molar-refractivity contribution is 8.01. The molecule has 3 aromatic rings. The maximum atomic E-state index is 12.5. The minimum Gasteiger partial charge on any atom is -0.351 e. The highest BCUT2D eigenvalue weighted by Gasteiger charge is 2.38. The van der Waals surface area contributed by atoms with Gasteiger partial charge in [0.25, 0.3) is 11.8 Å². The molecule has 1 aliphatic rings. The predicted molar refractivity (Wildman–Crippen MR) is 111 cm³/mol. The van der Waals surface area contributed by atoms with Gasteiger partial charge in [-0.05, 0) is 24.6 Å². The van der Waals surface area contributed by atoms with Crippen LogP contribution in [0, 0.1) is 6.92 Å². The average Bonchev–Trinajstić information content (AvgIpc) is 3.29. The van der Waals surface area contributed by atoms with Gasteiger partial charge in [-0.25, -0.2) is 4.90 Å². The second-order valence-corrected chi connectivity index (χ2v) is 8.57. The van der Waals surface area contributed by atoms with Gasteiger partial charge in [0.05, 0.1) is 16.9 Å². The van der Waals surface area contributed by atoms with Crippen LogP contribution in [0.3, 0.4) is 0 Å². The normalized spacial score (nSPS) is 12.9. The van der Waals surface area contributed by atoms with Crippen molar-refractivity contribution in [3.05, 3.63) is 70.8 Å². The number of thioether (sulfide) groups is 1.